The van der Waals surface area contributed by atoms with Gasteiger partial charge < -0.3 is 15.2 Å². The second kappa shape index (κ2) is 5.94. The van der Waals surface area contributed by atoms with E-state index in [1.165, 1.54) is 7.11 Å². The number of phenolic OH excluding ortho intramolecular Hbond substituents is 1. The number of phenols is 1. The Bertz CT molecular complexity index is 377. The SMILES string of the molecule is CNCCC#Cc1ccc(OC)c(O)c1. The van der Waals surface area contributed by atoms with Gasteiger partial charge in [0, 0.05) is 18.5 Å². The minimum absolute atomic E-state index is 0.123. The third-order valence-corrected chi connectivity index (χ3v) is 1.91. The number of hydrogen-bond donors (Lipinski definition) is 2. The summed E-state index contributed by atoms with van der Waals surface area (Å²) in [5.74, 6) is 6.56. The van der Waals surface area contributed by atoms with Gasteiger partial charge in [-0.05, 0) is 25.2 Å². The van der Waals surface area contributed by atoms with Crippen molar-refractivity contribution in [1.82, 2.24) is 5.32 Å². The van der Waals surface area contributed by atoms with E-state index < -0.39 is 0 Å². The summed E-state index contributed by atoms with van der Waals surface area (Å²) in [6, 6.07) is 5.13. The Morgan fingerprint density at radius 1 is 1.47 bits per heavy atom. The van der Waals surface area contributed by atoms with Crippen molar-refractivity contribution < 1.29 is 9.84 Å². The number of rotatable bonds is 3. The van der Waals surface area contributed by atoms with Crippen LogP contribution in [-0.2, 0) is 0 Å². The van der Waals surface area contributed by atoms with Crippen molar-refractivity contribution in [3.8, 4) is 23.3 Å². The molecule has 0 aliphatic carbocycles. The minimum Gasteiger partial charge on any atom is -0.504 e. The van der Waals surface area contributed by atoms with E-state index in [2.05, 4.69) is 17.2 Å². The van der Waals surface area contributed by atoms with Crippen molar-refractivity contribution in [1.29, 1.82) is 0 Å². The number of aromatic hydroxyl groups is 1. The fourth-order valence-corrected chi connectivity index (χ4v) is 1.12. The molecule has 0 atom stereocenters. The van der Waals surface area contributed by atoms with Gasteiger partial charge >= 0.3 is 0 Å². The highest BCUT2D eigenvalue weighted by Gasteiger charge is 1.99. The molecule has 2 N–H and O–H groups in total. The first-order valence-electron chi connectivity index (χ1n) is 4.78. The lowest BCUT2D eigenvalue weighted by atomic mass is 10.2. The summed E-state index contributed by atoms with van der Waals surface area (Å²) in [7, 11) is 3.41. The Morgan fingerprint density at radius 2 is 2.27 bits per heavy atom. The first-order chi connectivity index (χ1) is 7.27. The molecule has 15 heavy (non-hydrogen) atoms. The summed E-state index contributed by atoms with van der Waals surface area (Å²) in [6.07, 6.45) is 0.795. The lowest BCUT2D eigenvalue weighted by Gasteiger charge is -2.02. The lowest BCUT2D eigenvalue weighted by molar-refractivity contribution is 0.373. The van der Waals surface area contributed by atoms with Gasteiger partial charge in [-0.3, -0.25) is 0 Å². The van der Waals surface area contributed by atoms with Crippen LogP contribution in [0.2, 0.25) is 0 Å². The average molecular weight is 205 g/mol. The quantitative estimate of drug-likeness (QED) is 0.578. The fourth-order valence-electron chi connectivity index (χ4n) is 1.12. The van der Waals surface area contributed by atoms with E-state index in [-0.39, 0.29) is 5.75 Å². The van der Waals surface area contributed by atoms with Crippen molar-refractivity contribution >= 4 is 0 Å². The van der Waals surface area contributed by atoms with E-state index in [1.807, 2.05) is 13.1 Å². The molecule has 0 unspecified atom stereocenters. The molecule has 1 aromatic rings. The second-order valence-corrected chi connectivity index (χ2v) is 3.04. The molecule has 0 bridgehead atoms. The van der Waals surface area contributed by atoms with Crippen LogP contribution in [0.5, 0.6) is 11.5 Å². The molecule has 0 spiro atoms. The Labute approximate surface area is 90.1 Å². The van der Waals surface area contributed by atoms with Crippen LogP contribution in [0.4, 0.5) is 0 Å². The van der Waals surface area contributed by atoms with Crippen molar-refractivity contribution in [2.24, 2.45) is 0 Å². The van der Waals surface area contributed by atoms with Gasteiger partial charge in [-0.25, -0.2) is 0 Å². The van der Waals surface area contributed by atoms with E-state index in [0.29, 0.717) is 5.75 Å². The molecule has 3 heteroatoms. The van der Waals surface area contributed by atoms with Crippen LogP contribution in [0.3, 0.4) is 0 Å². The van der Waals surface area contributed by atoms with Gasteiger partial charge in [-0.1, -0.05) is 11.8 Å². The smallest absolute Gasteiger partial charge is 0.160 e. The molecule has 1 rings (SSSR count). The Hall–Kier alpha value is -1.66. The van der Waals surface area contributed by atoms with Crippen LogP contribution in [-0.4, -0.2) is 25.8 Å². The zero-order valence-corrected chi connectivity index (χ0v) is 9.00. The van der Waals surface area contributed by atoms with Gasteiger partial charge in [-0.15, -0.1) is 0 Å². The molecule has 0 saturated carbocycles. The monoisotopic (exact) mass is 205 g/mol. The molecule has 0 aliphatic heterocycles. The van der Waals surface area contributed by atoms with Gasteiger partial charge in [0.25, 0.3) is 0 Å². The van der Waals surface area contributed by atoms with Gasteiger partial charge in [0.1, 0.15) is 0 Å². The fraction of sp³-hybridized carbons (Fsp3) is 0.333. The summed E-state index contributed by atoms with van der Waals surface area (Å²) in [6.45, 7) is 0.870. The molecule has 3 nitrogen and oxygen atoms in total. The van der Waals surface area contributed by atoms with Crippen LogP contribution >= 0.6 is 0 Å². The second-order valence-electron chi connectivity index (χ2n) is 3.04. The van der Waals surface area contributed by atoms with Gasteiger partial charge in [-0.2, -0.15) is 0 Å². The Balaban J connectivity index is 2.69. The van der Waals surface area contributed by atoms with Crippen LogP contribution in [0, 0.1) is 11.8 Å². The first-order valence-corrected chi connectivity index (χ1v) is 4.78. The summed E-state index contributed by atoms with van der Waals surface area (Å²) < 4.78 is 4.93. The van der Waals surface area contributed by atoms with Gasteiger partial charge in [0.15, 0.2) is 11.5 Å². The summed E-state index contributed by atoms with van der Waals surface area (Å²) in [5.41, 5.74) is 0.796. The van der Waals surface area contributed by atoms with Crippen LogP contribution < -0.4 is 10.1 Å². The molecule has 0 aliphatic rings. The molecule has 80 valence electrons. The average Bonchev–Trinajstić information content (AvgIpc) is 2.25. The number of nitrogens with one attached hydrogen (secondary N) is 1. The minimum atomic E-state index is 0.123. The molecule has 0 heterocycles. The molecule has 0 amide bonds. The van der Waals surface area contributed by atoms with Gasteiger partial charge in [0.05, 0.1) is 7.11 Å². The van der Waals surface area contributed by atoms with Crippen LogP contribution in [0.15, 0.2) is 18.2 Å². The highest BCUT2D eigenvalue weighted by Crippen LogP contribution is 2.25. The topological polar surface area (TPSA) is 41.5 Å². The Morgan fingerprint density at radius 3 is 2.87 bits per heavy atom. The lowest BCUT2D eigenvalue weighted by Crippen LogP contribution is -2.05. The highest BCUT2D eigenvalue weighted by molar-refractivity contribution is 5.47. The zero-order valence-electron chi connectivity index (χ0n) is 9.00. The molecule has 0 aromatic heterocycles. The first kappa shape index (κ1) is 11.4. The number of methoxy groups -OCH3 is 1. The van der Waals surface area contributed by atoms with Crippen molar-refractivity contribution in [3.63, 3.8) is 0 Å². The van der Waals surface area contributed by atoms with Crippen molar-refractivity contribution in [2.45, 2.75) is 6.42 Å². The van der Waals surface area contributed by atoms with Crippen molar-refractivity contribution in [2.75, 3.05) is 20.7 Å². The predicted molar refractivity (Wildman–Crippen MR) is 60.1 cm³/mol. The number of ether oxygens (including phenoxy) is 1. The van der Waals surface area contributed by atoms with E-state index in [9.17, 15) is 5.11 Å². The van der Waals surface area contributed by atoms with Crippen LogP contribution in [0.25, 0.3) is 0 Å². The van der Waals surface area contributed by atoms with Crippen LogP contribution in [0.1, 0.15) is 12.0 Å². The molecule has 0 fully saturated rings. The standard InChI is InChI=1S/C12H15NO2/c1-13-8-4-3-5-10-6-7-12(15-2)11(14)9-10/h6-7,9,13-14H,4,8H2,1-2H3. The Kier molecular flexibility index (Phi) is 4.52. The molecule has 0 saturated heterocycles. The van der Waals surface area contributed by atoms with E-state index in [1.54, 1.807) is 12.1 Å². The highest BCUT2D eigenvalue weighted by atomic mass is 16.5. The maximum absolute atomic E-state index is 9.49. The molecular weight excluding hydrogens is 190 g/mol. The zero-order chi connectivity index (χ0) is 11.1. The third-order valence-electron chi connectivity index (χ3n) is 1.91. The van der Waals surface area contributed by atoms with Gasteiger partial charge in [0.2, 0.25) is 0 Å². The third kappa shape index (κ3) is 3.53. The normalized spacial score (nSPS) is 9.20. The number of hydrogen-bond acceptors (Lipinski definition) is 3. The molecule has 0 radical (unpaired) electrons. The van der Waals surface area contributed by atoms with E-state index >= 15 is 0 Å². The van der Waals surface area contributed by atoms with Crippen molar-refractivity contribution in [3.05, 3.63) is 23.8 Å². The predicted octanol–water partition coefficient (Wildman–Crippen LogP) is 1.36. The molecular formula is C12H15NO2. The largest absolute Gasteiger partial charge is 0.504 e. The van der Waals surface area contributed by atoms with E-state index in [4.69, 9.17) is 4.74 Å². The number of benzene rings is 1. The maximum atomic E-state index is 9.49. The molecule has 1 aromatic carbocycles. The maximum Gasteiger partial charge on any atom is 0.160 e. The van der Waals surface area contributed by atoms with E-state index in [0.717, 1.165) is 18.5 Å². The summed E-state index contributed by atoms with van der Waals surface area (Å²) in [4.78, 5) is 0. The summed E-state index contributed by atoms with van der Waals surface area (Å²) in [5, 5.41) is 12.5. The summed E-state index contributed by atoms with van der Waals surface area (Å²) >= 11 is 0.